The number of methoxy groups -OCH3 is 2. The zero-order chi connectivity index (χ0) is 26.4. The minimum absolute atomic E-state index is 0.00131. The van der Waals surface area contributed by atoms with Gasteiger partial charge in [-0.3, -0.25) is 9.59 Å². The number of Topliss-reactive ketones (excluding diaryl/α,β-unsaturated/α-hetero) is 1. The summed E-state index contributed by atoms with van der Waals surface area (Å²) >= 11 is 0. The number of carbonyl (C=O) groups excluding carboxylic acids is 2. The van der Waals surface area contributed by atoms with E-state index in [1.54, 1.807) is 55.0 Å². The van der Waals surface area contributed by atoms with E-state index >= 15 is 0 Å². The van der Waals surface area contributed by atoms with Crippen LogP contribution < -0.4 is 14.2 Å². The number of aryl methyl sites for hydroxylation is 1. The van der Waals surface area contributed by atoms with Crippen molar-refractivity contribution in [3.8, 4) is 17.2 Å². The molecule has 1 fully saturated rings. The maximum absolute atomic E-state index is 13.3. The smallest absolute Gasteiger partial charge is 0.295 e. The first kappa shape index (κ1) is 25.8. The first-order chi connectivity index (χ1) is 18.0. The highest BCUT2D eigenvalue weighted by molar-refractivity contribution is 6.46. The fourth-order valence-electron chi connectivity index (χ4n) is 4.49. The number of rotatable bonds is 11. The van der Waals surface area contributed by atoms with Gasteiger partial charge in [-0.05, 0) is 43.2 Å². The molecular weight excluding hydrogens is 474 g/mol. The summed E-state index contributed by atoms with van der Waals surface area (Å²) in [6.45, 7) is 3.49. The summed E-state index contributed by atoms with van der Waals surface area (Å²) in [6, 6.07) is 11.2. The summed E-state index contributed by atoms with van der Waals surface area (Å²) in [6.07, 6.45) is 6.67. The van der Waals surface area contributed by atoms with E-state index in [4.69, 9.17) is 14.2 Å². The van der Waals surface area contributed by atoms with Crippen LogP contribution in [0.5, 0.6) is 17.2 Å². The molecule has 1 aliphatic heterocycles. The summed E-state index contributed by atoms with van der Waals surface area (Å²) in [5.74, 6) is -0.171. The molecule has 0 aliphatic carbocycles. The second-order valence-corrected chi connectivity index (χ2v) is 8.60. The number of para-hydroxylation sites is 1. The van der Waals surface area contributed by atoms with Crippen LogP contribution in [-0.4, -0.2) is 58.6 Å². The highest BCUT2D eigenvalue weighted by Crippen LogP contribution is 2.45. The number of hydrogen-bond donors (Lipinski definition) is 1. The third kappa shape index (κ3) is 5.30. The van der Waals surface area contributed by atoms with Crippen LogP contribution in [0.3, 0.4) is 0 Å². The van der Waals surface area contributed by atoms with Gasteiger partial charge >= 0.3 is 0 Å². The van der Waals surface area contributed by atoms with Crippen LogP contribution in [0.15, 0.2) is 66.8 Å². The van der Waals surface area contributed by atoms with Gasteiger partial charge in [-0.25, -0.2) is 4.98 Å². The molecule has 1 aliphatic rings. The molecule has 1 saturated heterocycles. The van der Waals surface area contributed by atoms with Crippen molar-refractivity contribution >= 4 is 17.4 Å². The molecule has 4 rings (SSSR count). The van der Waals surface area contributed by atoms with Crippen LogP contribution in [0.2, 0.25) is 0 Å². The lowest BCUT2D eigenvalue weighted by Gasteiger charge is -2.27. The Kier molecular flexibility index (Phi) is 8.12. The number of aliphatic hydroxyl groups excluding tert-OH is 1. The van der Waals surface area contributed by atoms with Gasteiger partial charge in [-0.2, -0.15) is 0 Å². The van der Waals surface area contributed by atoms with Gasteiger partial charge in [0.25, 0.3) is 11.7 Å². The Hall–Kier alpha value is -4.27. The second kappa shape index (κ2) is 11.6. The molecule has 1 amide bonds. The molecule has 0 spiro atoms. The number of likely N-dealkylation sites (tertiary alicyclic amines) is 1. The highest BCUT2D eigenvalue weighted by Gasteiger charge is 2.47. The highest BCUT2D eigenvalue weighted by atomic mass is 16.5. The van der Waals surface area contributed by atoms with Gasteiger partial charge in [0, 0.05) is 36.6 Å². The van der Waals surface area contributed by atoms with Crippen molar-refractivity contribution in [3.05, 3.63) is 77.9 Å². The SMILES string of the molecule is CCCOc1ccc(/C(O)=C2\C(=O)C(=O)N(CCCn3ccnc3)C2c2cccc(OC)c2OC)cc1. The van der Waals surface area contributed by atoms with E-state index in [1.807, 2.05) is 17.7 Å². The molecule has 2 heterocycles. The summed E-state index contributed by atoms with van der Waals surface area (Å²) in [4.78, 5) is 32.2. The molecule has 194 valence electrons. The number of aromatic nitrogens is 2. The zero-order valence-corrected chi connectivity index (χ0v) is 21.2. The van der Waals surface area contributed by atoms with Crippen LogP contribution in [0.1, 0.15) is 36.9 Å². The average Bonchev–Trinajstić information content (AvgIpc) is 3.53. The van der Waals surface area contributed by atoms with Crippen molar-refractivity contribution in [2.24, 2.45) is 0 Å². The molecule has 37 heavy (non-hydrogen) atoms. The van der Waals surface area contributed by atoms with E-state index in [9.17, 15) is 14.7 Å². The number of benzene rings is 2. The quantitative estimate of drug-likeness (QED) is 0.237. The molecule has 2 aromatic carbocycles. The number of hydrogen-bond acceptors (Lipinski definition) is 7. The first-order valence-electron chi connectivity index (χ1n) is 12.2. The maximum Gasteiger partial charge on any atom is 0.295 e. The lowest BCUT2D eigenvalue weighted by molar-refractivity contribution is -0.140. The third-order valence-electron chi connectivity index (χ3n) is 6.24. The van der Waals surface area contributed by atoms with E-state index < -0.39 is 17.7 Å². The van der Waals surface area contributed by atoms with Crippen molar-refractivity contribution in [1.29, 1.82) is 0 Å². The molecule has 1 atom stereocenters. The van der Waals surface area contributed by atoms with E-state index in [0.29, 0.717) is 47.9 Å². The zero-order valence-electron chi connectivity index (χ0n) is 21.2. The number of amides is 1. The minimum atomic E-state index is -0.858. The normalized spacial score (nSPS) is 16.7. The van der Waals surface area contributed by atoms with Crippen molar-refractivity contribution in [3.63, 3.8) is 0 Å². The van der Waals surface area contributed by atoms with Crippen molar-refractivity contribution in [2.75, 3.05) is 27.4 Å². The van der Waals surface area contributed by atoms with Gasteiger partial charge in [-0.15, -0.1) is 0 Å². The molecule has 0 saturated carbocycles. The van der Waals surface area contributed by atoms with E-state index in [0.717, 1.165) is 6.42 Å². The van der Waals surface area contributed by atoms with Crippen LogP contribution >= 0.6 is 0 Å². The Morgan fingerprint density at radius 2 is 1.84 bits per heavy atom. The second-order valence-electron chi connectivity index (χ2n) is 8.60. The van der Waals surface area contributed by atoms with Crippen molar-refractivity contribution < 1.29 is 28.9 Å². The summed E-state index contributed by atoms with van der Waals surface area (Å²) in [5, 5.41) is 11.3. The number of ether oxygens (including phenoxy) is 3. The molecule has 1 unspecified atom stereocenters. The van der Waals surface area contributed by atoms with Crippen LogP contribution in [0.4, 0.5) is 0 Å². The monoisotopic (exact) mass is 505 g/mol. The molecule has 1 N–H and O–H groups in total. The number of aliphatic hydroxyl groups is 1. The summed E-state index contributed by atoms with van der Waals surface area (Å²) in [7, 11) is 3.02. The van der Waals surface area contributed by atoms with Gasteiger partial charge in [0.1, 0.15) is 11.5 Å². The van der Waals surface area contributed by atoms with E-state index in [-0.39, 0.29) is 17.9 Å². The Morgan fingerprint density at radius 3 is 2.49 bits per heavy atom. The third-order valence-corrected chi connectivity index (χ3v) is 6.24. The predicted octanol–water partition coefficient (Wildman–Crippen LogP) is 4.20. The lowest BCUT2D eigenvalue weighted by Crippen LogP contribution is -2.31. The van der Waals surface area contributed by atoms with Gasteiger partial charge in [-0.1, -0.05) is 19.1 Å². The van der Waals surface area contributed by atoms with Crippen LogP contribution in [-0.2, 0) is 16.1 Å². The summed E-state index contributed by atoms with van der Waals surface area (Å²) < 4.78 is 18.6. The van der Waals surface area contributed by atoms with Crippen LogP contribution in [0, 0.1) is 0 Å². The molecule has 9 heteroatoms. The largest absolute Gasteiger partial charge is 0.507 e. The van der Waals surface area contributed by atoms with E-state index in [2.05, 4.69) is 4.98 Å². The van der Waals surface area contributed by atoms with Gasteiger partial charge in [0.05, 0.1) is 38.8 Å². The van der Waals surface area contributed by atoms with Gasteiger partial charge < -0.3 is 28.8 Å². The average molecular weight is 506 g/mol. The molecule has 1 aromatic heterocycles. The maximum atomic E-state index is 13.3. The predicted molar refractivity (Wildman–Crippen MR) is 138 cm³/mol. The number of carbonyl (C=O) groups is 2. The van der Waals surface area contributed by atoms with Crippen molar-refractivity contribution in [1.82, 2.24) is 14.5 Å². The number of nitrogens with zero attached hydrogens (tertiary/aromatic N) is 3. The first-order valence-corrected chi connectivity index (χ1v) is 12.2. The molecule has 9 nitrogen and oxygen atoms in total. The molecule has 0 radical (unpaired) electrons. The summed E-state index contributed by atoms with van der Waals surface area (Å²) in [5.41, 5.74) is 0.960. The fourth-order valence-corrected chi connectivity index (χ4v) is 4.49. The minimum Gasteiger partial charge on any atom is -0.507 e. The Balaban J connectivity index is 1.77. The van der Waals surface area contributed by atoms with Crippen LogP contribution in [0.25, 0.3) is 5.76 Å². The van der Waals surface area contributed by atoms with Crippen molar-refractivity contribution in [2.45, 2.75) is 32.4 Å². The number of ketones is 1. The van der Waals surface area contributed by atoms with Gasteiger partial charge in [0.2, 0.25) is 0 Å². The Bertz CT molecular complexity index is 1270. The Labute approximate surface area is 215 Å². The lowest BCUT2D eigenvalue weighted by atomic mass is 9.94. The Morgan fingerprint density at radius 1 is 1.05 bits per heavy atom. The fraction of sp³-hybridized carbons (Fsp3) is 0.321. The van der Waals surface area contributed by atoms with Gasteiger partial charge in [0.15, 0.2) is 11.5 Å². The van der Waals surface area contributed by atoms with E-state index in [1.165, 1.54) is 19.1 Å². The molecule has 0 bridgehead atoms. The topological polar surface area (TPSA) is 103 Å². The molecular formula is C28H31N3O6. The number of imidazole rings is 1. The standard InChI is InChI=1S/C28H31N3O6/c1-4-17-37-20-11-9-19(10-12-20)25(32)23-24(21-7-5-8-22(35-2)27(21)36-3)31(28(34)26(23)33)15-6-14-30-16-13-29-18-30/h5,7-13,16,18,24,32H,4,6,14-15,17H2,1-3H3/b25-23+. The molecule has 3 aromatic rings.